The van der Waals surface area contributed by atoms with Gasteiger partial charge in [0.2, 0.25) is 17.7 Å². The van der Waals surface area contributed by atoms with Crippen LogP contribution in [0.5, 0.6) is 5.75 Å². The van der Waals surface area contributed by atoms with E-state index >= 15 is 0 Å². The predicted octanol–water partition coefficient (Wildman–Crippen LogP) is 4.54. The number of ether oxygens (including phenoxy) is 3. The summed E-state index contributed by atoms with van der Waals surface area (Å²) in [6.07, 6.45) is 1.55. The van der Waals surface area contributed by atoms with Gasteiger partial charge in [-0.15, -0.1) is 0 Å². The molecule has 0 spiro atoms. The molecule has 13 heteroatoms. The average Bonchev–Trinajstić information content (AvgIpc) is 3.60. The van der Waals surface area contributed by atoms with Crippen molar-refractivity contribution in [1.82, 2.24) is 25.8 Å². The second kappa shape index (κ2) is 22.6. The smallest absolute Gasteiger partial charge is 0.329 e. The van der Waals surface area contributed by atoms with Crippen LogP contribution in [0.4, 0.5) is 0 Å². The van der Waals surface area contributed by atoms with Crippen molar-refractivity contribution in [2.45, 2.75) is 149 Å². The zero-order chi connectivity index (χ0) is 42.5. The third-order valence-electron chi connectivity index (χ3n) is 11.2. The minimum Gasteiger partial charge on any atom is -0.508 e. The summed E-state index contributed by atoms with van der Waals surface area (Å²) in [5, 5.41) is 19.1. The molecule has 1 saturated heterocycles. The number of amides is 3. The predicted molar refractivity (Wildman–Crippen MR) is 220 cm³/mol. The van der Waals surface area contributed by atoms with E-state index in [1.54, 1.807) is 61.1 Å². The van der Waals surface area contributed by atoms with E-state index < -0.39 is 35.7 Å². The highest BCUT2D eigenvalue weighted by atomic mass is 16.6. The van der Waals surface area contributed by atoms with Crippen LogP contribution in [0, 0.1) is 23.7 Å². The lowest BCUT2D eigenvalue weighted by Gasteiger charge is -2.41. The van der Waals surface area contributed by atoms with E-state index in [0.717, 1.165) is 18.4 Å². The summed E-state index contributed by atoms with van der Waals surface area (Å²) in [7, 11) is 7.04. The quantitative estimate of drug-likeness (QED) is 0.123. The van der Waals surface area contributed by atoms with Crippen LogP contribution in [0.15, 0.2) is 24.3 Å². The van der Waals surface area contributed by atoms with Gasteiger partial charge in [0.25, 0.3) is 0 Å². The van der Waals surface area contributed by atoms with Gasteiger partial charge in [-0.05, 0) is 83.2 Å². The van der Waals surface area contributed by atoms with Gasteiger partial charge < -0.3 is 40.2 Å². The molecule has 1 aromatic rings. The van der Waals surface area contributed by atoms with Gasteiger partial charge >= 0.3 is 5.97 Å². The highest BCUT2D eigenvalue weighted by Gasteiger charge is 2.42. The maximum Gasteiger partial charge on any atom is 0.329 e. The van der Waals surface area contributed by atoms with Crippen LogP contribution < -0.4 is 16.0 Å². The molecule has 0 radical (unpaired) electrons. The van der Waals surface area contributed by atoms with Crippen LogP contribution in [0.3, 0.4) is 0 Å². The van der Waals surface area contributed by atoms with Gasteiger partial charge in [-0.25, -0.2) is 4.79 Å². The monoisotopic (exact) mass is 790 g/mol. The largest absolute Gasteiger partial charge is 0.508 e. The number of carbonyl (C=O) groups is 4. The molecule has 0 bridgehead atoms. The van der Waals surface area contributed by atoms with E-state index in [1.807, 2.05) is 25.8 Å². The topological polar surface area (TPSA) is 159 Å². The number of methoxy groups -OCH3 is 2. The zero-order valence-corrected chi connectivity index (χ0v) is 36.8. The fourth-order valence-corrected chi connectivity index (χ4v) is 7.88. The lowest BCUT2D eigenvalue weighted by molar-refractivity contribution is -0.159. The molecular formula is C43H75N5O8. The van der Waals surface area contributed by atoms with Gasteiger partial charge in [-0.2, -0.15) is 0 Å². The number of phenolic OH excluding ortho intramolecular Hbond substituents is 1. The number of hydrogen-bond donors (Lipinski definition) is 4. The van der Waals surface area contributed by atoms with Crippen molar-refractivity contribution >= 4 is 23.7 Å². The number of nitrogens with zero attached hydrogens (tertiary/aromatic N) is 2. The Balaban J connectivity index is 2.27. The van der Waals surface area contributed by atoms with E-state index in [9.17, 15) is 24.3 Å². The van der Waals surface area contributed by atoms with E-state index in [0.29, 0.717) is 19.5 Å². The Hall–Kier alpha value is -3.26. The lowest BCUT2D eigenvalue weighted by Crippen LogP contribution is -2.57. The van der Waals surface area contributed by atoms with Gasteiger partial charge in [0.05, 0.1) is 36.6 Å². The maximum absolute atomic E-state index is 14.3. The molecule has 0 aliphatic carbocycles. The van der Waals surface area contributed by atoms with Crippen LogP contribution in [0.1, 0.15) is 100 Å². The van der Waals surface area contributed by atoms with Crippen molar-refractivity contribution in [3.63, 3.8) is 0 Å². The van der Waals surface area contributed by atoms with Crippen molar-refractivity contribution in [3.8, 4) is 5.75 Å². The van der Waals surface area contributed by atoms with Gasteiger partial charge in [-0.1, -0.05) is 67.0 Å². The number of nitrogens with one attached hydrogen (secondary N) is 3. The summed E-state index contributed by atoms with van der Waals surface area (Å²) >= 11 is 0. The Kier molecular flexibility index (Phi) is 19.7. The molecule has 56 heavy (non-hydrogen) atoms. The zero-order valence-electron chi connectivity index (χ0n) is 36.8. The van der Waals surface area contributed by atoms with E-state index in [1.165, 1.54) is 12.1 Å². The number of aromatic hydroxyl groups is 1. The second-order valence-electron chi connectivity index (χ2n) is 17.4. The Morgan fingerprint density at radius 1 is 0.946 bits per heavy atom. The molecular weight excluding hydrogens is 714 g/mol. The summed E-state index contributed by atoms with van der Waals surface area (Å²) in [6, 6.07) is 4.61. The molecule has 3 amide bonds. The van der Waals surface area contributed by atoms with Crippen LogP contribution in [0.25, 0.3) is 0 Å². The number of benzene rings is 1. The van der Waals surface area contributed by atoms with E-state index in [4.69, 9.17) is 14.2 Å². The van der Waals surface area contributed by atoms with Crippen molar-refractivity contribution in [2.75, 3.05) is 41.4 Å². The molecule has 9 atom stereocenters. The molecule has 320 valence electrons. The number of likely N-dealkylation sites (N-methyl/N-ethyl adjacent to an activating group) is 2. The Morgan fingerprint density at radius 2 is 1.57 bits per heavy atom. The first-order chi connectivity index (χ1) is 26.2. The number of likely N-dealkylation sites (tertiary alicyclic amines) is 1. The van der Waals surface area contributed by atoms with Crippen molar-refractivity contribution in [3.05, 3.63) is 29.8 Å². The van der Waals surface area contributed by atoms with E-state index in [-0.39, 0.29) is 78.2 Å². The second-order valence-corrected chi connectivity index (χ2v) is 17.4. The van der Waals surface area contributed by atoms with Crippen molar-refractivity contribution in [2.24, 2.45) is 23.7 Å². The molecule has 0 aromatic heterocycles. The van der Waals surface area contributed by atoms with Crippen LogP contribution >= 0.6 is 0 Å². The highest BCUT2D eigenvalue weighted by Crippen LogP contribution is 2.30. The van der Waals surface area contributed by atoms with E-state index in [2.05, 4.69) is 48.5 Å². The first-order valence-electron chi connectivity index (χ1n) is 20.5. The highest BCUT2D eigenvalue weighted by molar-refractivity contribution is 5.86. The maximum atomic E-state index is 14.3. The van der Waals surface area contributed by atoms with Crippen molar-refractivity contribution in [1.29, 1.82) is 0 Å². The molecule has 1 aliphatic heterocycles. The minimum atomic E-state index is -0.979. The summed E-state index contributed by atoms with van der Waals surface area (Å²) in [5.74, 6) is -1.16. The lowest BCUT2D eigenvalue weighted by atomic mass is 9.89. The molecule has 1 aromatic carbocycles. The van der Waals surface area contributed by atoms with Gasteiger partial charge in [0.1, 0.15) is 17.4 Å². The molecule has 1 fully saturated rings. The average molecular weight is 790 g/mol. The number of rotatable bonds is 22. The first-order valence-corrected chi connectivity index (χ1v) is 20.5. The first kappa shape index (κ1) is 48.9. The normalized spacial score (nSPS) is 19.2. The number of phenols is 1. The molecule has 13 nitrogen and oxygen atoms in total. The van der Waals surface area contributed by atoms with Crippen LogP contribution in [-0.2, 0) is 39.8 Å². The molecule has 4 N–H and O–H groups in total. The summed E-state index contributed by atoms with van der Waals surface area (Å²) in [4.78, 5) is 58.8. The molecule has 1 aliphatic rings. The Morgan fingerprint density at radius 3 is 2.07 bits per heavy atom. The standard InChI is InChI=1S/C43H75N5O8/c1-15-28(6)38(47(12)25-33(26(2)3)46-41(52)37(44-11)27(4)5)35(54-13)24-36(50)48-22-16-17-34(48)39(55-14)29(7)40(51)45-32(42(53)56-43(8,9)10)23-30-18-20-31(49)21-19-30/h18-21,26-29,32-35,37-39,44,49H,15-17,22-25H2,1-14H3,(H,45,51)(H,46,52)/t28-,29+,32-,33+,34-,35+,37-,38-,39+/m0/s1. The summed E-state index contributed by atoms with van der Waals surface area (Å²) in [5.41, 5.74) is -0.0202. The number of esters is 1. The van der Waals surface area contributed by atoms with Crippen molar-refractivity contribution < 1.29 is 38.5 Å². The molecule has 2 rings (SSSR count). The van der Waals surface area contributed by atoms with Crippen LogP contribution in [-0.4, -0.2) is 128 Å². The molecule has 0 saturated carbocycles. The third kappa shape index (κ3) is 14.3. The summed E-state index contributed by atoms with van der Waals surface area (Å²) in [6.45, 7) is 20.7. The SMILES string of the molecule is CC[C@H](C)[C@@H]([C@@H](CC(=O)N1CCC[C@H]1[C@H](OC)[C@@H](C)C(=O)N[C@@H](Cc1ccc(O)cc1)C(=O)OC(C)(C)C)OC)N(C)C[C@@H](NC(=O)[C@@H](NC)C(C)C)C(C)C. The summed E-state index contributed by atoms with van der Waals surface area (Å²) < 4.78 is 17.8. The number of carbonyl (C=O) groups excluding carboxylic acids is 4. The van der Waals surface area contributed by atoms with Gasteiger partial charge in [0, 0.05) is 45.8 Å². The molecule has 0 unspecified atom stereocenters. The number of hydrogen-bond acceptors (Lipinski definition) is 10. The van der Waals surface area contributed by atoms with Crippen LogP contribution in [0.2, 0.25) is 0 Å². The fraction of sp³-hybridized carbons (Fsp3) is 0.767. The fourth-order valence-electron chi connectivity index (χ4n) is 7.88. The Bertz CT molecular complexity index is 1380. The molecule has 1 heterocycles. The van der Waals surface area contributed by atoms with Gasteiger partial charge in [-0.3, -0.25) is 19.3 Å². The Labute approximate surface area is 337 Å². The van der Waals surface area contributed by atoms with Gasteiger partial charge in [0.15, 0.2) is 0 Å². The third-order valence-corrected chi connectivity index (χ3v) is 11.2. The minimum absolute atomic E-state index is 0.0263.